The van der Waals surface area contributed by atoms with Gasteiger partial charge < -0.3 is 4.57 Å². The fourth-order valence-corrected chi connectivity index (χ4v) is 3.71. The van der Waals surface area contributed by atoms with Crippen LogP contribution < -0.4 is 0 Å². The second kappa shape index (κ2) is 4.48. The zero-order valence-corrected chi connectivity index (χ0v) is 11.5. The second-order valence-corrected chi connectivity index (χ2v) is 6.63. The zero-order valence-electron chi connectivity index (χ0n) is 10.7. The standard InChI is InChI=1S/C12H16N4O2S/c1-2-16-11(5-6-14-16)9-19(17,18)12-13-7-8-15(12)10-3-4-10/h5-8,10H,2-4,9H2,1H3. The Morgan fingerprint density at radius 1 is 1.37 bits per heavy atom. The first-order valence-corrected chi connectivity index (χ1v) is 8.03. The fourth-order valence-electron chi connectivity index (χ4n) is 2.20. The normalized spacial score (nSPS) is 15.8. The molecule has 0 atom stereocenters. The van der Waals surface area contributed by atoms with Crippen LogP contribution >= 0.6 is 0 Å². The molecule has 2 aromatic heterocycles. The van der Waals surface area contributed by atoms with E-state index in [1.54, 1.807) is 33.9 Å². The molecule has 0 spiro atoms. The molecule has 19 heavy (non-hydrogen) atoms. The highest BCUT2D eigenvalue weighted by Crippen LogP contribution is 2.36. The molecule has 0 aromatic carbocycles. The van der Waals surface area contributed by atoms with Gasteiger partial charge in [0.05, 0.1) is 11.4 Å². The van der Waals surface area contributed by atoms with Crippen LogP contribution in [0.15, 0.2) is 29.8 Å². The molecule has 1 saturated carbocycles. The largest absolute Gasteiger partial charge is 0.319 e. The predicted octanol–water partition coefficient (Wildman–Crippen LogP) is 1.41. The number of sulfone groups is 1. The van der Waals surface area contributed by atoms with Crippen LogP contribution in [0.2, 0.25) is 0 Å². The lowest BCUT2D eigenvalue weighted by Gasteiger charge is -2.08. The van der Waals surface area contributed by atoms with Crippen molar-refractivity contribution in [1.29, 1.82) is 0 Å². The van der Waals surface area contributed by atoms with Crippen molar-refractivity contribution < 1.29 is 8.42 Å². The number of aromatic nitrogens is 4. The van der Waals surface area contributed by atoms with Gasteiger partial charge in [0.15, 0.2) is 0 Å². The van der Waals surface area contributed by atoms with Gasteiger partial charge in [0.25, 0.3) is 0 Å². The number of hydrogen-bond donors (Lipinski definition) is 0. The molecule has 0 unspecified atom stereocenters. The van der Waals surface area contributed by atoms with Gasteiger partial charge in [-0.3, -0.25) is 4.68 Å². The van der Waals surface area contributed by atoms with E-state index in [-0.39, 0.29) is 10.9 Å². The van der Waals surface area contributed by atoms with E-state index in [0.29, 0.717) is 18.3 Å². The van der Waals surface area contributed by atoms with Crippen molar-refractivity contribution in [2.45, 2.75) is 43.3 Å². The Balaban J connectivity index is 1.92. The van der Waals surface area contributed by atoms with Crippen molar-refractivity contribution in [3.05, 3.63) is 30.4 Å². The Morgan fingerprint density at radius 2 is 2.16 bits per heavy atom. The van der Waals surface area contributed by atoms with Gasteiger partial charge in [-0.2, -0.15) is 5.10 Å². The van der Waals surface area contributed by atoms with Gasteiger partial charge in [-0.05, 0) is 25.8 Å². The SMILES string of the molecule is CCn1nccc1CS(=O)(=O)c1nccn1C1CC1. The van der Waals surface area contributed by atoms with Gasteiger partial charge in [0, 0.05) is 31.2 Å². The van der Waals surface area contributed by atoms with Crippen LogP contribution in [0.4, 0.5) is 0 Å². The van der Waals surface area contributed by atoms with E-state index < -0.39 is 9.84 Å². The van der Waals surface area contributed by atoms with Crippen molar-refractivity contribution >= 4 is 9.84 Å². The number of aryl methyl sites for hydroxylation is 1. The number of imidazole rings is 1. The quantitative estimate of drug-likeness (QED) is 0.830. The molecule has 1 fully saturated rings. The smallest absolute Gasteiger partial charge is 0.228 e. The summed E-state index contributed by atoms with van der Waals surface area (Å²) < 4.78 is 28.4. The molecule has 0 radical (unpaired) electrons. The lowest BCUT2D eigenvalue weighted by Crippen LogP contribution is -2.14. The van der Waals surface area contributed by atoms with E-state index in [1.165, 1.54) is 0 Å². The maximum Gasteiger partial charge on any atom is 0.228 e. The molecular weight excluding hydrogens is 264 g/mol. The van der Waals surface area contributed by atoms with E-state index in [2.05, 4.69) is 10.1 Å². The maximum absolute atomic E-state index is 12.5. The minimum Gasteiger partial charge on any atom is -0.319 e. The minimum atomic E-state index is -3.42. The monoisotopic (exact) mass is 280 g/mol. The van der Waals surface area contributed by atoms with E-state index in [0.717, 1.165) is 12.8 Å². The van der Waals surface area contributed by atoms with Crippen molar-refractivity contribution in [3.63, 3.8) is 0 Å². The summed E-state index contributed by atoms with van der Waals surface area (Å²) >= 11 is 0. The maximum atomic E-state index is 12.5. The Kier molecular flexibility index (Phi) is 2.93. The molecule has 0 amide bonds. The van der Waals surface area contributed by atoms with Gasteiger partial charge in [-0.15, -0.1) is 0 Å². The second-order valence-electron chi connectivity index (χ2n) is 4.75. The van der Waals surface area contributed by atoms with Gasteiger partial charge in [-0.1, -0.05) is 0 Å². The lowest BCUT2D eigenvalue weighted by atomic mass is 10.5. The first kappa shape index (κ1) is 12.4. The first-order chi connectivity index (χ1) is 9.12. The van der Waals surface area contributed by atoms with Crippen molar-refractivity contribution in [1.82, 2.24) is 19.3 Å². The van der Waals surface area contributed by atoms with Crippen LogP contribution in [0.25, 0.3) is 0 Å². The molecule has 7 heteroatoms. The lowest BCUT2D eigenvalue weighted by molar-refractivity contribution is 0.559. The van der Waals surface area contributed by atoms with Gasteiger partial charge in [0.1, 0.15) is 0 Å². The summed E-state index contributed by atoms with van der Waals surface area (Å²) in [5.74, 6) is -0.0510. The van der Waals surface area contributed by atoms with Crippen molar-refractivity contribution in [2.75, 3.05) is 0 Å². The zero-order chi connectivity index (χ0) is 13.5. The summed E-state index contributed by atoms with van der Waals surface area (Å²) in [5, 5.41) is 4.27. The summed E-state index contributed by atoms with van der Waals surface area (Å²) in [6.45, 7) is 2.60. The summed E-state index contributed by atoms with van der Waals surface area (Å²) in [6, 6.07) is 2.05. The molecular formula is C12H16N4O2S. The van der Waals surface area contributed by atoms with Crippen LogP contribution in [0.5, 0.6) is 0 Å². The molecule has 1 aliphatic rings. The number of hydrogen-bond acceptors (Lipinski definition) is 4. The highest BCUT2D eigenvalue weighted by molar-refractivity contribution is 7.90. The highest BCUT2D eigenvalue weighted by Gasteiger charge is 2.31. The van der Waals surface area contributed by atoms with Crippen LogP contribution in [-0.2, 0) is 22.1 Å². The average molecular weight is 280 g/mol. The topological polar surface area (TPSA) is 69.8 Å². The van der Waals surface area contributed by atoms with Crippen LogP contribution in [-0.4, -0.2) is 27.7 Å². The average Bonchev–Trinajstić information content (AvgIpc) is 2.92. The summed E-state index contributed by atoms with van der Waals surface area (Å²) in [7, 11) is -3.42. The molecule has 6 nitrogen and oxygen atoms in total. The molecule has 1 aliphatic carbocycles. The molecule has 3 rings (SSSR count). The molecule has 2 aromatic rings. The Morgan fingerprint density at radius 3 is 2.84 bits per heavy atom. The molecule has 2 heterocycles. The third kappa shape index (κ3) is 2.30. The number of nitrogens with zero attached hydrogens (tertiary/aromatic N) is 4. The van der Waals surface area contributed by atoms with E-state index in [4.69, 9.17) is 0 Å². The van der Waals surface area contributed by atoms with Crippen LogP contribution in [0.3, 0.4) is 0 Å². The third-order valence-corrected chi connectivity index (χ3v) is 4.84. The predicted molar refractivity (Wildman–Crippen MR) is 69.3 cm³/mol. The van der Waals surface area contributed by atoms with E-state index in [9.17, 15) is 8.42 Å². The summed E-state index contributed by atoms with van der Waals surface area (Å²) in [4.78, 5) is 4.03. The van der Waals surface area contributed by atoms with Crippen molar-refractivity contribution in [3.8, 4) is 0 Å². The molecule has 0 bridgehead atoms. The van der Waals surface area contributed by atoms with E-state index in [1.807, 2.05) is 6.92 Å². The van der Waals surface area contributed by atoms with Crippen molar-refractivity contribution in [2.24, 2.45) is 0 Å². The van der Waals surface area contributed by atoms with Crippen LogP contribution in [0.1, 0.15) is 31.5 Å². The van der Waals surface area contributed by atoms with Crippen LogP contribution in [0, 0.1) is 0 Å². The van der Waals surface area contributed by atoms with E-state index >= 15 is 0 Å². The van der Waals surface area contributed by atoms with Gasteiger partial charge in [-0.25, -0.2) is 13.4 Å². The molecule has 0 aliphatic heterocycles. The van der Waals surface area contributed by atoms with Gasteiger partial charge >= 0.3 is 0 Å². The molecule has 102 valence electrons. The Hall–Kier alpha value is -1.63. The summed E-state index contributed by atoms with van der Waals surface area (Å²) in [6.07, 6.45) is 7.00. The Bertz CT molecular complexity index is 682. The first-order valence-electron chi connectivity index (χ1n) is 6.38. The molecule has 0 saturated heterocycles. The Labute approximate surface area is 112 Å². The molecule has 0 N–H and O–H groups in total. The third-order valence-electron chi connectivity index (χ3n) is 3.29. The number of rotatable bonds is 5. The summed E-state index contributed by atoms with van der Waals surface area (Å²) in [5.41, 5.74) is 0.702. The van der Waals surface area contributed by atoms with Gasteiger partial charge in [0.2, 0.25) is 15.0 Å². The fraction of sp³-hybridized carbons (Fsp3) is 0.500. The highest BCUT2D eigenvalue weighted by atomic mass is 32.2. The minimum absolute atomic E-state index is 0.0510.